The fraction of sp³-hybridized carbons (Fsp3) is 0.600. The highest BCUT2D eigenvalue weighted by molar-refractivity contribution is 5.56. The number of para-hydroxylation sites is 1. The lowest BCUT2D eigenvalue weighted by Crippen LogP contribution is -2.30. The maximum atomic E-state index is 9.86. The first-order valence-corrected chi connectivity index (χ1v) is 6.63. The lowest BCUT2D eigenvalue weighted by Gasteiger charge is -2.29. The van der Waals surface area contributed by atoms with Crippen molar-refractivity contribution in [3.05, 3.63) is 29.8 Å². The minimum absolute atomic E-state index is 0.389. The van der Waals surface area contributed by atoms with Crippen molar-refractivity contribution in [3.8, 4) is 0 Å². The van der Waals surface area contributed by atoms with Gasteiger partial charge in [-0.1, -0.05) is 32.0 Å². The van der Waals surface area contributed by atoms with E-state index < -0.39 is 0 Å². The standard InChI is InChI=1S/C15H23NO/c1-11(2)10-16(13-8-9-13)15-7-5-4-6-14(15)12(3)17/h4-7,11-13,17H,8-10H2,1-3H3. The Bertz CT molecular complexity index is 369. The lowest BCUT2D eigenvalue weighted by atomic mass is 10.1. The third-order valence-electron chi connectivity index (χ3n) is 3.25. The van der Waals surface area contributed by atoms with Crippen molar-refractivity contribution >= 4 is 5.69 Å². The molecule has 0 amide bonds. The summed E-state index contributed by atoms with van der Waals surface area (Å²) < 4.78 is 0. The molecule has 1 fully saturated rings. The second-order valence-corrected chi connectivity index (χ2v) is 5.51. The van der Waals surface area contributed by atoms with Crippen molar-refractivity contribution in [3.63, 3.8) is 0 Å². The molecule has 2 heteroatoms. The van der Waals surface area contributed by atoms with Gasteiger partial charge in [0, 0.05) is 23.8 Å². The van der Waals surface area contributed by atoms with Crippen LogP contribution in [0.3, 0.4) is 0 Å². The molecule has 2 nitrogen and oxygen atoms in total. The van der Waals surface area contributed by atoms with Crippen molar-refractivity contribution in [2.24, 2.45) is 5.92 Å². The van der Waals surface area contributed by atoms with Crippen LogP contribution in [0, 0.1) is 5.92 Å². The van der Waals surface area contributed by atoms with Gasteiger partial charge in [0.2, 0.25) is 0 Å². The molecule has 0 heterocycles. The number of anilines is 1. The van der Waals surface area contributed by atoms with Gasteiger partial charge >= 0.3 is 0 Å². The molecule has 0 radical (unpaired) electrons. The summed E-state index contributed by atoms with van der Waals surface area (Å²) in [6.45, 7) is 7.43. The number of nitrogens with zero attached hydrogens (tertiary/aromatic N) is 1. The lowest BCUT2D eigenvalue weighted by molar-refractivity contribution is 0.199. The molecule has 1 aliphatic rings. The van der Waals surface area contributed by atoms with E-state index in [1.54, 1.807) is 0 Å². The van der Waals surface area contributed by atoms with E-state index in [0.29, 0.717) is 12.0 Å². The molecule has 17 heavy (non-hydrogen) atoms. The van der Waals surface area contributed by atoms with Crippen molar-refractivity contribution in [1.29, 1.82) is 0 Å². The van der Waals surface area contributed by atoms with Gasteiger partial charge in [-0.15, -0.1) is 0 Å². The topological polar surface area (TPSA) is 23.5 Å². The van der Waals surface area contributed by atoms with Crippen LogP contribution in [0.2, 0.25) is 0 Å². The summed E-state index contributed by atoms with van der Waals surface area (Å²) in [5.41, 5.74) is 2.28. The molecule has 1 aromatic rings. The Kier molecular flexibility index (Phi) is 3.72. The molecule has 0 aliphatic heterocycles. The van der Waals surface area contributed by atoms with E-state index in [2.05, 4.69) is 30.9 Å². The Morgan fingerprint density at radius 3 is 2.41 bits per heavy atom. The molecule has 1 atom stereocenters. The summed E-state index contributed by atoms with van der Waals surface area (Å²) in [7, 11) is 0. The molecule has 0 spiro atoms. The predicted octanol–water partition coefficient (Wildman–Crippen LogP) is 3.36. The van der Waals surface area contributed by atoms with Crippen LogP contribution in [0.25, 0.3) is 0 Å². The molecule has 1 saturated carbocycles. The number of benzene rings is 1. The monoisotopic (exact) mass is 233 g/mol. The predicted molar refractivity (Wildman–Crippen MR) is 72.3 cm³/mol. The number of aliphatic hydroxyl groups excluding tert-OH is 1. The maximum absolute atomic E-state index is 9.86. The highest BCUT2D eigenvalue weighted by atomic mass is 16.3. The van der Waals surface area contributed by atoms with Gasteiger partial charge in [0.1, 0.15) is 0 Å². The van der Waals surface area contributed by atoms with Gasteiger partial charge in [0.15, 0.2) is 0 Å². The van der Waals surface area contributed by atoms with E-state index in [1.807, 2.05) is 19.1 Å². The summed E-state index contributed by atoms with van der Waals surface area (Å²) >= 11 is 0. The highest BCUT2D eigenvalue weighted by Gasteiger charge is 2.31. The Morgan fingerprint density at radius 1 is 1.24 bits per heavy atom. The molecular weight excluding hydrogens is 210 g/mol. The summed E-state index contributed by atoms with van der Waals surface area (Å²) in [6, 6.07) is 8.94. The van der Waals surface area contributed by atoms with E-state index in [-0.39, 0.29) is 6.10 Å². The fourth-order valence-corrected chi connectivity index (χ4v) is 2.33. The second kappa shape index (κ2) is 5.09. The van der Waals surface area contributed by atoms with Gasteiger partial charge in [-0.3, -0.25) is 0 Å². The van der Waals surface area contributed by atoms with Crippen molar-refractivity contribution in [2.45, 2.75) is 45.8 Å². The van der Waals surface area contributed by atoms with E-state index in [9.17, 15) is 5.11 Å². The SMILES string of the molecule is CC(C)CN(c1ccccc1C(C)O)C1CC1. The first kappa shape index (κ1) is 12.4. The maximum Gasteiger partial charge on any atom is 0.0781 e. The zero-order chi connectivity index (χ0) is 12.4. The molecule has 2 rings (SSSR count). The van der Waals surface area contributed by atoms with Crippen LogP contribution < -0.4 is 4.90 Å². The number of rotatable bonds is 5. The van der Waals surface area contributed by atoms with Crippen LogP contribution in [-0.2, 0) is 0 Å². The van der Waals surface area contributed by atoms with Gasteiger partial charge < -0.3 is 10.0 Å². The smallest absolute Gasteiger partial charge is 0.0781 e. The number of hydrogen-bond donors (Lipinski definition) is 1. The summed E-state index contributed by atoms with van der Waals surface area (Å²) in [4.78, 5) is 2.48. The van der Waals surface area contributed by atoms with Gasteiger partial charge in [0.25, 0.3) is 0 Å². The molecule has 1 unspecified atom stereocenters. The highest BCUT2D eigenvalue weighted by Crippen LogP contribution is 2.36. The molecule has 1 aliphatic carbocycles. The Labute approximate surface area is 104 Å². The normalized spacial score (nSPS) is 17.2. The molecule has 0 bridgehead atoms. The van der Waals surface area contributed by atoms with Gasteiger partial charge in [0.05, 0.1) is 6.10 Å². The zero-order valence-corrected chi connectivity index (χ0v) is 11.1. The summed E-state index contributed by atoms with van der Waals surface area (Å²) in [5.74, 6) is 0.651. The Balaban J connectivity index is 2.28. The van der Waals surface area contributed by atoms with Crippen LogP contribution in [0.5, 0.6) is 0 Å². The van der Waals surface area contributed by atoms with E-state index in [4.69, 9.17) is 0 Å². The van der Waals surface area contributed by atoms with Crippen LogP contribution >= 0.6 is 0 Å². The molecule has 1 aromatic carbocycles. The zero-order valence-electron chi connectivity index (χ0n) is 11.1. The molecular formula is C15H23NO. The van der Waals surface area contributed by atoms with Gasteiger partial charge in [-0.05, 0) is 31.7 Å². The third kappa shape index (κ3) is 3.01. The van der Waals surface area contributed by atoms with Crippen molar-refractivity contribution in [2.75, 3.05) is 11.4 Å². The van der Waals surface area contributed by atoms with Crippen molar-refractivity contribution in [1.82, 2.24) is 0 Å². The molecule has 94 valence electrons. The largest absolute Gasteiger partial charge is 0.389 e. The number of hydrogen-bond acceptors (Lipinski definition) is 2. The molecule has 0 aromatic heterocycles. The average molecular weight is 233 g/mol. The number of aliphatic hydroxyl groups is 1. The summed E-state index contributed by atoms with van der Waals surface area (Å²) in [6.07, 6.45) is 2.20. The van der Waals surface area contributed by atoms with E-state index in [0.717, 1.165) is 12.1 Å². The molecule has 1 N–H and O–H groups in total. The van der Waals surface area contributed by atoms with Crippen LogP contribution in [0.1, 0.15) is 45.3 Å². The summed E-state index contributed by atoms with van der Waals surface area (Å²) in [5, 5.41) is 9.86. The van der Waals surface area contributed by atoms with Crippen LogP contribution in [0.4, 0.5) is 5.69 Å². The van der Waals surface area contributed by atoms with Gasteiger partial charge in [-0.2, -0.15) is 0 Å². The third-order valence-corrected chi connectivity index (χ3v) is 3.25. The van der Waals surface area contributed by atoms with Crippen LogP contribution in [-0.4, -0.2) is 17.7 Å². The second-order valence-electron chi connectivity index (χ2n) is 5.51. The van der Waals surface area contributed by atoms with E-state index >= 15 is 0 Å². The Morgan fingerprint density at radius 2 is 1.88 bits per heavy atom. The quantitative estimate of drug-likeness (QED) is 0.843. The fourth-order valence-electron chi connectivity index (χ4n) is 2.33. The minimum atomic E-state index is -0.389. The molecule has 0 saturated heterocycles. The van der Waals surface area contributed by atoms with Crippen LogP contribution in [0.15, 0.2) is 24.3 Å². The first-order chi connectivity index (χ1) is 8.09. The van der Waals surface area contributed by atoms with Gasteiger partial charge in [-0.25, -0.2) is 0 Å². The van der Waals surface area contributed by atoms with E-state index in [1.165, 1.54) is 18.5 Å². The Hall–Kier alpha value is -1.02. The first-order valence-electron chi connectivity index (χ1n) is 6.63. The van der Waals surface area contributed by atoms with Crippen molar-refractivity contribution < 1.29 is 5.11 Å². The average Bonchev–Trinajstić information content (AvgIpc) is 3.09. The minimum Gasteiger partial charge on any atom is -0.389 e.